The van der Waals surface area contributed by atoms with Crippen molar-refractivity contribution in [3.8, 4) is 0 Å². The highest BCUT2D eigenvalue weighted by Gasteiger charge is 2.25. The summed E-state index contributed by atoms with van der Waals surface area (Å²) >= 11 is 0. The van der Waals surface area contributed by atoms with Crippen LogP contribution in [0.15, 0.2) is 0 Å². The average molecular weight is 373 g/mol. The Bertz CT molecular complexity index is 551. The van der Waals surface area contributed by atoms with Gasteiger partial charge in [-0.1, -0.05) is 13.8 Å². The number of amides is 4. The lowest BCUT2D eigenvalue weighted by Gasteiger charge is -2.20. The van der Waals surface area contributed by atoms with Crippen LogP contribution in [0.4, 0.5) is 0 Å². The molecule has 0 rings (SSSR count). The first-order valence-electron chi connectivity index (χ1n) is 8.08. The van der Waals surface area contributed by atoms with Crippen molar-refractivity contribution in [1.29, 1.82) is 0 Å². The van der Waals surface area contributed by atoms with E-state index in [2.05, 4.69) is 16.0 Å². The Kier molecular flexibility index (Phi) is 9.89. The maximum Gasteiger partial charge on any atom is 0.326 e. The molecule has 3 unspecified atom stereocenters. The number of hydrogen-bond donors (Lipinski definition) is 6. The Balaban J connectivity index is 4.43. The van der Waals surface area contributed by atoms with E-state index in [1.54, 1.807) is 0 Å². The van der Waals surface area contributed by atoms with Crippen molar-refractivity contribution < 1.29 is 29.1 Å². The lowest BCUT2D eigenvalue weighted by molar-refractivity contribution is -0.142. The van der Waals surface area contributed by atoms with E-state index in [9.17, 15) is 24.0 Å². The molecule has 0 aliphatic rings. The van der Waals surface area contributed by atoms with E-state index in [-0.39, 0.29) is 18.8 Å². The zero-order valence-corrected chi connectivity index (χ0v) is 15.1. The zero-order chi connectivity index (χ0) is 20.4. The van der Waals surface area contributed by atoms with Crippen LogP contribution >= 0.6 is 0 Å². The summed E-state index contributed by atoms with van der Waals surface area (Å²) in [5.41, 5.74) is 10.3. The second kappa shape index (κ2) is 11.0. The van der Waals surface area contributed by atoms with Crippen LogP contribution in [0.3, 0.4) is 0 Å². The summed E-state index contributed by atoms with van der Waals surface area (Å²) < 4.78 is 0. The molecule has 0 bridgehead atoms. The van der Waals surface area contributed by atoms with Crippen LogP contribution < -0.4 is 27.4 Å². The molecule has 0 aromatic heterocycles. The van der Waals surface area contributed by atoms with E-state index in [4.69, 9.17) is 16.6 Å². The van der Waals surface area contributed by atoms with Crippen molar-refractivity contribution in [2.75, 3.05) is 6.54 Å². The van der Waals surface area contributed by atoms with Gasteiger partial charge in [-0.25, -0.2) is 4.79 Å². The largest absolute Gasteiger partial charge is 0.480 e. The maximum atomic E-state index is 12.0. The van der Waals surface area contributed by atoms with Crippen LogP contribution in [0.1, 0.15) is 33.6 Å². The highest BCUT2D eigenvalue weighted by Crippen LogP contribution is 2.05. The van der Waals surface area contributed by atoms with Gasteiger partial charge in [-0.15, -0.1) is 0 Å². The van der Waals surface area contributed by atoms with E-state index in [0.717, 1.165) is 0 Å². The van der Waals surface area contributed by atoms with Gasteiger partial charge in [0.05, 0.1) is 19.0 Å². The van der Waals surface area contributed by atoms with Crippen LogP contribution in [-0.2, 0) is 24.0 Å². The Morgan fingerprint density at radius 2 is 1.58 bits per heavy atom. The topological polar surface area (TPSA) is 194 Å². The van der Waals surface area contributed by atoms with Gasteiger partial charge in [0.15, 0.2) is 0 Å². The van der Waals surface area contributed by atoms with Crippen molar-refractivity contribution >= 4 is 29.6 Å². The molecule has 0 saturated carbocycles. The molecule has 0 aromatic carbocycles. The van der Waals surface area contributed by atoms with Crippen molar-refractivity contribution in [2.45, 2.75) is 51.7 Å². The molecule has 0 spiro atoms. The van der Waals surface area contributed by atoms with Gasteiger partial charge >= 0.3 is 5.97 Å². The van der Waals surface area contributed by atoms with Crippen LogP contribution in [-0.4, -0.2) is 59.4 Å². The first-order chi connectivity index (χ1) is 11.9. The first-order valence-corrected chi connectivity index (χ1v) is 8.08. The number of aliphatic carboxylic acids is 1. The van der Waals surface area contributed by atoms with Gasteiger partial charge in [0.1, 0.15) is 12.1 Å². The Morgan fingerprint density at radius 3 is 2.04 bits per heavy atom. The third-order valence-electron chi connectivity index (χ3n) is 3.27. The van der Waals surface area contributed by atoms with E-state index >= 15 is 0 Å². The minimum absolute atomic E-state index is 0.0566. The Hall–Kier alpha value is -2.69. The van der Waals surface area contributed by atoms with E-state index in [0.29, 0.717) is 0 Å². The molecule has 3 atom stereocenters. The van der Waals surface area contributed by atoms with Gasteiger partial charge in [0, 0.05) is 0 Å². The van der Waals surface area contributed by atoms with Gasteiger partial charge in [0.25, 0.3) is 0 Å². The zero-order valence-electron chi connectivity index (χ0n) is 15.1. The minimum Gasteiger partial charge on any atom is -0.480 e. The summed E-state index contributed by atoms with van der Waals surface area (Å²) in [6, 6.07) is -3.24. The summed E-state index contributed by atoms with van der Waals surface area (Å²) in [5.74, 6) is -3.94. The van der Waals surface area contributed by atoms with E-state index < -0.39 is 54.3 Å². The van der Waals surface area contributed by atoms with Crippen LogP contribution in [0.2, 0.25) is 0 Å². The standard InChI is InChI=1S/C15H27N5O6/c1-7(2)4-10(15(25)26)20-13(23)8(3)19-12(22)6-18-14(24)9(16)5-11(17)21/h7-10H,4-6,16H2,1-3H3,(H2,17,21)(H,18,24)(H,19,22)(H,20,23)(H,25,26). The molecule has 11 heteroatoms. The van der Waals surface area contributed by atoms with Crippen LogP contribution in [0.25, 0.3) is 0 Å². The summed E-state index contributed by atoms with van der Waals surface area (Å²) in [6.45, 7) is 4.55. The van der Waals surface area contributed by atoms with Crippen molar-refractivity contribution in [3.05, 3.63) is 0 Å². The number of nitrogens with two attached hydrogens (primary N) is 2. The van der Waals surface area contributed by atoms with Crippen molar-refractivity contribution in [3.63, 3.8) is 0 Å². The molecule has 0 aliphatic carbocycles. The van der Waals surface area contributed by atoms with Gasteiger partial charge in [-0.05, 0) is 19.3 Å². The van der Waals surface area contributed by atoms with Crippen molar-refractivity contribution in [2.24, 2.45) is 17.4 Å². The van der Waals surface area contributed by atoms with Crippen LogP contribution in [0, 0.1) is 5.92 Å². The van der Waals surface area contributed by atoms with Crippen LogP contribution in [0.5, 0.6) is 0 Å². The molecule has 0 aromatic rings. The molecule has 26 heavy (non-hydrogen) atoms. The fourth-order valence-electron chi connectivity index (χ4n) is 1.96. The highest BCUT2D eigenvalue weighted by atomic mass is 16.4. The monoisotopic (exact) mass is 373 g/mol. The number of rotatable bonds is 11. The summed E-state index contributed by atoms with van der Waals surface area (Å²) in [4.78, 5) is 57.1. The number of carboxylic acids is 1. The minimum atomic E-state index is -1.17. The maximum absolute atomic E-state index is 12.0. The second-order valence-corrected chi connectivity index (χ2v) is 6.31. The fraction of sp³-hybridized carbons (Fsp3) is 0.667. The first kappa shape index (κ1) is 23.3. The molecule has 4 amide bonds. The SMILES string of the molecule is CC(C)CC(NC(=O)C(C)NC(=O)CNC(=O)C(N)CC(N)=O)C(=O)O. The van der Waals surface area contributed by atoms with E-state index in [1.807, 2.05) is 13.8 Å². The molecule has 148 valence electrons. The molecule has 11 nitrogen and oxygen atoms in total. The number of primary amides is 1. The molecular formula is C15H27N5O6. The van der Waals surface area contributed by atoms with E-state index in [1.165, 1.54) is 6.92 Å². The lowest BCUT2D eigenvalue weighted by atomic mass is 10.0. The number of hydrogen-bond acceptors (Lipinski definition) is 6. The Morgan fingerprint density at radius 1 is 1.00 bits per heavy atom. The van der Waals surface area contributed by atoms with Gasteiger partial charge in [0.2, 0.25) is 23.6 Å². The molecule has 0 radical (unpaired) electrons. The summed E-state index contributed by atoms with van der Waals surface area (Å²) in [5, 5.41) is 16.0. The molecule has 0 fully saturated rings. The lowest BCUT2D eigenvalue weighted by Crippen LogP contribution is -2.53. The molecular weight excluding hydrogens is 346 g/mol. The van der Waals surface area contributed by atoms with Gasteiger partial charge in [-0.3, -0.25) is 19.2 Å². The Labute approximate surface area is 151 Å². The van der Waals surface area contributed by atoms with Crippen molar-refractivity contribution in [1.82, 2.24) is 16.0 Å². The predicted molar refractivity (Wildman–Crippen MR) is 91.4 cm³/mol. The third-order valence-corrected chi connectivity index (χ3v) is 3.27. The number of nitrogens with one attached hydrogen (secondary N) is 3. The number of carbonyl (C=O) groups excluding carboxylic acids is 4. The predicted octanol–water partition coefficient (Wildman–Crippen LogP) is -2.57. The quantitative estimate of drug-likeness (QED) is 0.229. The fourth-order valence-corrected chi connectivity index (χ4v) is 1.96. The average Bonchev–Trinajstić information content (AvgIpc) is 2.50. The molecule has 0 saturated heterocycles. The second-order valence-electron chi connectivity index (χ2n) is 6.31. The van der Waals surface area contributed by atoms with Gasteiger partial charge < -0.3 is 32.5 Å². The van der Waals surface area contributed by atoms with Gasteiger partial charge in [-0.2, -0.15) is 0 Å². The summed E-state index contributed by atoms with van der Waals surface area (Å²) in [6.07, 6.45) is -0.117. The normalized spacial score (nSPS) is 14.0. The smallest absolute Gasteiger partial charge is 0.326 e. The molecule has 0 aliphatic heterocycles. The molecule has 8 N–H and O–H groups in total. The number of carbonyl (C=O) groups is 5. The third kappa shape index (κ3) is 9.57. The summed E-state index contributed by atoms with van der Waals surface area (Å²) in [7, 11) is 0. The highest BCUT2D eigenvalue weighted by molar-refractivity contribution is 5.93. The molecule has 0 heterocycles. The number of carboxylic acid groups (broad SMARTS) is 1.